The second kappa shape index (κ2) is 7.15. The van der Waals surface area contributed by atoms with Crippen molar-refractivity contribution in [3.05, 3.63) is 29.3 Å². The molecule has 0 bridgehead atoms. The van der Waals surface area contributed by atoms with Crippen molar-refractivity contribution in [1.29, 1.82) is 0 Å². The highest BCUT2D eigenvalue weighted by Gasteiger charge is 2.18. The molecule has 6 heteroatoms. The summed E-state index contributed by atoms with van der Waals surface area (Å²) in [6.45, 7) is 3.95. The number of thiazole rings is 1. The average Bonchev–Trinajstić information content (AvgIpc) is 2.89. The van der Waals surface area contributed by atoms with Crippen LogP contribution >= 0.6 is 23.6 Å². The quantitative estimate of drug-likeness (QED) is 0.856. The molecule has 0 saturated heterocycles. The largest absolute Gasteiger partial charge is 0.361 e. The Morgan fingerprint density at radius 3 is 2.71 bits per heavy atom. The van der Waals surface area contributed by atoms with Crippen LogP contribution in [-0.2, 0) is 0 Å². The lowest BCUT2D eigenvalue weighted by Crippen LogP contribution is -2.41. The second-order valence-corrected chi connectivity index (χ2v) is 6.79. The first-order valence-electron chi connectivity index (χ1n) is 7.00. The lowest BCUT2D eigenvalue weighted by atomic mass is 10.3. The lowest BCUT2D eigenvalue weighted by molar-refractivity contribution is 0.380. The molecule has 1 N–H and O–H groups in total. The van der Waals surface area contributed by atoms with Crippen LogP contribution in [0.3, 0.4) is 0 Å². The SMILES string of the molecule is C[C@H](c1nc2ccccc2s1)N(C)C(=S)NCCN(C)C. The van der Waals surface area contributed by atoms with Gasteiger partial charge in [0.25, 0.3) is 0 Å². The van der Waals surface area contributed by atoms with Crippen LogP contribution in [-0.4, -0.2) is 54.1 Å². The van der Waals surface area contributed by atoms with E-state index in [1.165, 1.54) is 4.70 Å². The Morgan fingerprint density at radius 2 is 2.05 bits per heavy atom. The number of hydrogen-bond donors (Lipinski definition) is 1. The molecule has 1 atom stereocenters. The van der Waals surface area contributed by atoms with Crippen LogP contribution in [0.1, 0.15) is 18.0 Å². The van der Waals surface area contributed by atoms with Crippen LogP contribution in [0.15, 0.2) is 24.3 Å². The van der Waals surface area contributed by atoms with Gasteiger partial charge in [-0.05, 0) is 45.4 Å². The molecule has 0 aliphatic carbocycles. The fourth-order valence-corrected chi connectivity index (χ4v) is 3.24. The summed E-state index contributed by atoms with van der Waals surface area (Å²) in [5.74, 6) is 0. The second-order valence-electron chi connectivity index (χ2n) is 5.34. The number of hydrogen-bond acceptors (Lipinski definition) is 4. The third kappa shape index (κ3) is 4.12. The van der Waals surface area contributed by atoms with Gasteiger partial charge in [-0.1, -0.05) is 12.1 Å². The topological polar surface area (TPSA) is 31.4 Å². The van der Waals surface area contributed by atoms with Crippen molar-refractivity contribution in [2.75, 3.05) is 34.2 Å². The van der Waals surface area contributed by atoms with Gasteiger partial charge in [0, 0.05) is 20.1 Å². The summed E-state index contributed by atoms with van der Waals surface area (Å²) < 4.78 is 1.22. The van der Waals surface area contributed by atoms with E-state index in [0.717, 1.165) is 28.7 Å². The summed E-state index contributed by atoms with van der Waals surface area (Å²) in [5, 5.41) is 5.15. The Bertz CT molecular complexity index is 575. The van der Waals surface area contributed by atoms with Gasteiger partial charge >= 0.3 is 0 Å². The molecule has 0 radical (unpaired) electrons. The van der Waals surface area contributed by atoms with E-state index in [2.05, 4.69) is 48.3 Å². The molecule has 0 saturated carbocycles. The van der Waals surface area contributed by atoms with Gasteiger partial charge in [-0.3, -0.25) is 0 Å². The molecule has 1 heterocycles. The van der Waals surface area contributed by atoms with E-state index in [1.54, 1.807) is 11.3 Å². The molecule has 21 heavy (non-hydrogen) atoms. The molecule has 114 valence electrons. The zero-order valence-corrected chi connectivity index (χ0v) is 14.6. The summed E-state index contributed by atoms with van der Waals surface area (Å²) >= 11 is 7.19. The first kappa shape index (κ1) is 16.1. The molecule has 0 aliphatic heterocycles. The van der Waals surface area contributed by atoms with Gasteiger partial charge in [0.2, 0.25) is 0 Å². The Morgan fingerprint density at radius 1 is 1.33 bits per heavy atom. The van der Waals surface area contributed by atoms with Crippen LogP contribution < -0.4 is 5.32 Å². The van der Waals surface area contributed by atoms with Crippen molar-refractivity contribution >= 4 is 38.9 Å². The number of aromatic nitrogens is 1. The maximum absolute atomic E-state index is 5.46. The van der Waals surface area contributed by atoms with Crippen LogP contribution in [0.4, 0.5) is 0 Å². The molecule has 2 rings (SSSR count). The van der Waals surface area contributed by atoms with Crippen LogP contribution in [0, 0.1) is 0 Å². The number of nitrogens with zero attached hydrogens (tertiary/aromatic N) is 3. The summed E-state index contributed by atoms with van der Waals surface area (Å²) in [6, 6.07) is 8.40. The molecule has 4 nitrogen and oxygen atoms in total. The summed E-state index contributed by atoms with van der Waals surface area (Å²) in [6.07, 6.45) is 0. The fourth-order valence-electron chi connectivity index (χ4n) is 1.92. The van der Waals surface area contributed by atoms with Crippen molar-refractivity contribution in [3.8, 4) is 0 Å². The van der Waals surface area contributed by atoms with Gasteiger partial charge in [-0.2, -0.15) is 0 Å². The van der Waals surface area contributed by atoms with Crippen LogP contribution in [0.5, 0.6) is 0 Å². The minimum atomic E-state index is 0.168. The monoisotopic (exact) mass is 322 g/mol. The highest BCUT2D eigenvalue weighted by molar-refractivity contribution is 7.80. The minimum Gasteiger partial charge on any atom is -0.361 e. The number of benzene rings is 1. The van der Waals surface area contributed by atoms with Gasteiger partial charge in [-0.15, -0.1) is 11.3 Å². The molecular formula is C15H22N4S2. The average molecular weight is 323 g/mol. The number of fused-ring (bicyclic) bond motifs is 1. The fraction of sp³-hybridized carbons (Fsp3) is 0.467. The molecule has 0 amide bonds. The molecule has 0 unspecified atom stereocenters. The zero-order chi connectivity index (χ0) is 15.4. The number of nitrogens with one attached hydrogen (secondary N) is 1. The van der Waals surface area contributed by atoms with Gasteiger partial charge in [0.05, 0.1) is 16.3 Å². The molecular weight excluding hydrogens is 300 g/mol. The predicted octanol–water partition coefficient (Wildman–Crippen LogP) is 2.73. The molecule has 2 aromatic rings. The van der Waals surface area contributed by atoms with Crippen molar-refractivity contribution in [1.82, 2.24) is 20.1 Å². The van der Waals surface area contributed by atoms with E-state index in [4.69, 9.17) is 17.2 Å². The normalized spacial score (nSPS) is 12.6. The molecule has 1 aromatic carbocycles. The van der Waals surface area contributed by atoms with Crippen molar-refractivity contribution in [2.45, 2.75) is 13.0 Å². The zero-order valence-electron chi connectivity index (χ0n) is 13.0. The van der Waals surface area contributed by atoms with Crippen molar-refractivity contribution in [2.24, 2.45) is 0 Å². The number of likely N-dealkylation sites (N-methyl/N-ethyl adjacent to an activating group) is 1. The third-order valence-corrected chi connectivity index (χ3v) is 5.04. The summed E-state index contributed by atoms with van der Waals surface area (Å²) in [7, 11) is 6.12. The molecule has 0 aliphatic rings. The first-order valence-corrected chi connectivity index (χ1v) is 8.22. The van der Waals surface area contributed by atoms with E-state index in [0.29, 0.717) is 0 Å². The maximum atomic E-state index is 5.46. The predicted molar refractivity (Wildman–Crippen MR) is 95.0 cm³/mol. The number of thiocarbonyl (C=S) groups is 1. The lowest BCUT2D eigenvalue weighted by Gasteiger charge is -2.26. The van der Waals surface area contributed by atoms with Gasteiger partial charge in [0.1, 0.15) is 5.01 Å². The Kier molecular flexibility index (Phi) is 5.50. The first-order chi connectivity index (χ1) is 9.99. The highest BCUT2D eigenvalue weighted by Crippen LogP contribution is 2.28. The maximum Gasteiger partial charge on any atom is 0.169 e. The summed E-state index contributed by atoms with van der Waals surface area (Å²) in [5.41, 5.74) is 1.06. The van der Waals surface area contributed by atoms with Crippen molar-refractivity contribution in [3.63, 3.8) is 0 Å². The minimum absolute atomic E-state index is 0.168. The van der Waals surface area contributed by atoms with Gasteiger partial charge in [0.15, 0.2) is 5.11 Å². The Labute approximate surface area is 135 Å². The Hall–Kier alpha value is -1.24. The van der Waals surface area contributed by atoms with E-state index in [1.807, 2.05) is 19.2 Å². The van der Waals surface area contributed by atoms with Gasteiger partial charge < -0.3 is 15.1 Å². The van der Waals surface area contributed by atoms with E-state index in [-0.39, 0.29) is 6.04 Å². The smallest absolute Gasteiger partial charge is 0.169 e. The van der Waals surface area contributed by atoms with Gasteiger partial charge in [-0.25, -0.2) is 4.98 Å². The van der Waals surface area contributed by atoms with Crippen LogP contribution in [0.2, 0.25) is 0 Å². The summed E-state index contributed by atoms with van der Waals surface area (Å²) in [4.78, 5) is 8.91. The van der Waals surface area contributed by atoms with E-state index < -0.39 is 0 Å². The standard InChI is InChI=1S/C15H22N4S2/c1-11(19(4)15(20)16-9-10-18(2)3)14-17-12-7-5-6-8-13(12)21-14/h5-8,11H,9-10H2,1-4H3,(H,16,20)/t11-/m1/s1. The number of para-hydroxylation sites is 1. The Balaban J connectivity index is 2.00. The third-order valence-electron chi connectivity index (χ3n) is 3.40. The molecule has 0 spiro atoms. The molecule has 0 fully saturated rings. The highest BCUT2D eigenvalue weighted by atomic mass is 32.1. The van der Waals surface area contributed by atoms with Crippen molar-refractivity contribution < 1.29 is 0 Å². The number of rotatable bonds is 5. The van der Waals surface area contributed by atoms with E-state index >= 15 is 0 Å². The molecule has 1 aromatic heterocycles. The van der Waals surface area contributed by atoms with Crippen LogP contribution in [0.25, 0.3) is 10.2 Å². The van der Waals surface area contributed by atoms with E-state index in [9.17, 15) is 0 Å².